The predicted molar refractivity (Wildman–Crippen MR) is 54.3 cm³/mol. The van der Waals surface area contributed by atoms with Gasteiger partial charge in [0, 0.05) is 0 Å². The number of aliphatic hydroxyl groups excluding tert-OH is 1. The lowest BCUT2D eigenvalue weighted by atomic mass is 10.4. The maximum absolute atomic E-state index is 12.6. The van der Waals surface area contributed by atoms with Gasteiger partial charge in [-0.15, -0.1) is 0 Å². The van der Waals surface area contributed by atoms with E-state index in [0.717, 1.165) is 6.20 Å². The van der Waals surface area contributed by atoms with Crippen LogP contribution in [0.15, 0.2) is 10.4 Å². The van der Waals surface area contributed by atoms with Crippen LogP contribution in [0.2, 0.25) is 4.47 Å². The number of nitrogens with one attached hydrogen (secondary N) is 1. The number of alkyl halides is 2. The van der Waals surface area contributed by atoms with Crippen molar-refractivity contribution >= 4 is 33.0 Å². The number of aromatic nitrogens is 1. The predicted octanol–water partition coefficient (Wildman–Crippen LogP) is 0.702. The van der Waals surface area contributed by atoms with Gasteiger partial charge >= 0.3 is 0 Å². The molecule has 0 aromatic carbocycles. The highest BCUT2D eigenvalue weighted by Crippen LogP contribution is 2.22. The third kappa shape index (κ3) is 3.59. The number of thiazole rings is 1. The number of sulfonamides is 1. The first kappa shape index (κ1) is 13.7. The summed E-state index contributed by atoms with van der Waals surface area (Å²) in [7, 11) is -4.05. The second-order valence-electron chi connectivity index (χ2n) is 2.77. The van der Waals surface area contributed by atoms with Crippen LogP contribution in [0.25, 0.3) is 0 Å². The number of nitrogens with zero attached hydrogens (tertiary/aromatic N) is 1. The zero-order valence-corrected chi connectivity index (χ0v) is 10.0. The molecule has 0 aliphatic heterocycles. The average Bonchev–Trinajstić information content (AvgIpc) is 2.63. The number of halogens is 3. The first-order valence-electron chi connectivity index (χ1n) is 3.86. The van der Waals surface area contributed by atoms with E-state index in [9.17, 15) is 17.2 Å². The molecule has 0 saturated carbocycles. The second-order valence-corrected chi connectivity index (χ2v) is 6.38. The quantitative estimate of drug-likeness (QED) is 0.837. The molecule has 10 heteroatoms. The molecule has 0 atom stereocenters. The third-order valence-corrected chi connectivity index (χ3v) is 4.45. The SMILES string of the molecule is O=S(=O)(NCC(F)(F)CO)c1cnc(Cl)s1. The third-order valence-electron chi connectivity index (χ3n) is 1.47. The Kier molecular flexibility index (Phi) is 4.18. The highest BCUT2D eigenvalue weighted by molar-refractivity contribution is 7.91. The van der Waals surface area contributed by atoms with Crippen molar-refractivity contribution in [3.8, 4) is 0 Å². The van der Waals surface area contributed by atoms with Crippen LogP contribution in [0, 0.1) is 0 Å². The summed E-state index contributed by atoms with van der Waals surface area (Å²) >= 11 is 6.06. The van der Waals surface area contributed by atoms with E-state index in [1.165, 1.54) is 0 Å². The van der Waals surface area contributed by atoms with Crippen LogP contribution in [-0.4, -0.2) is 37.6 Å². The molecule has 0 bridgehead atoms. The van der Waals surface area contributed by atoms with Crippen molar-refractivity contribution in [2.24, 2.45) is 0 Å². The summed E-state index contributed by atoms with van der Waals surface area (Å²) in [4.78, 5) is 3.48. The van der Waals surface area contributed by atoms with Crippen molar-refractivity contribution < 1.29 is 22.3 Å². The summed E-state index contributed by atoms with van der Waals surface area (Å²) < 4.78 is 49.4. The van der Waals surface area contributed by atoms with E-state index in [-0.39, 0.29) is 8.68 Å². The Labute approximate surface area is 99.1 Å². The van der Waals surface area contributed by atoms with Crippen molar-refractivity contribution in [1.82, 2.24) is 9.71 Å². The van der Waals surface area contributed by atoms with Crippen LogP contribution in [0.1, 0.15) is 0 Å². The minimum atomic E-state index is -4.05. The molecule has 0 unspecified atom stereocenters. The molecule has 1 heterocycles. The van der Waals surface area contributed by atoms with Crippen molar-refractivity contribution in [1.29, 1.82) is 0 Å². The molecule has 0 aliphatic carbocycles. The summed E-state index contributed by atoms with van der Waals surface area (Å²) in [6.07, 6.45) is 0.965. The van der Waals surface area contributed by atoms with Gasteiger partial charge in [-0.1, -0.05) is 22.9 Å². The van der Waals surface area contributed by atoms with Crippen molar-refractivity contribution in [2.75, 3.05) is 13.2 Å². The van der Waals surface area contributed by atoms with Crippen molar-refractivity contribution in [3.63, 3.8) is 0 Å². The molecule has 0 saturated heterocycles. The first-order valence-corrected chi connectivity index (χ1v) is 6.54. The van der Waals surface area contributed by atoms with E-state index in [0.29, 0.717) is 11.3 Å². The average molecular weight is 293 g/mol. The van der Waals surface area contributed by atoms with Gasteiger partial charge < -0.3 is 5.11 Å². The molecule has 16 heavy (non-hydrogen) atoms. The highest BCUT2D eigenvalue weighted by Gasteiger charge is 2.30. The fraction of sp³-hybridized carbons (Fsp3) is 0.500. The van der Waals surface area contributed by atoms with Gasteiger partial charge in [-0.2, -0.15) is 0 Å². The van der Waals surface area contributed by atoms with Gasteiger partial charge in [0.1, 0.15) is 6.61 Å². The van der Waals surface area contributed by atoms with Crippen LogP contribution < -0.4 is 4.72 Å². The lowest BCUT2D eigenvalue weighted by Crippen LogP contribution is -2.38. The maximum Gasteiger partial charge on any atom is 0.283 e. The van der Waals surface area contributed by atoms with E-state index < -0.39 is 29.1 Å². The van der Waals surface area contributed by atoms with Gasteiger partial charge in [-0.05, 0) is 0 Å². The van der Waals surface area contributed by atoms with Gasteiger partial charge in [0.15, 0.2) is 8.68 Å². The standard InChI is InChI=1S/C6H7ClF2N2O3S2/c7-5-10-1-4(15-5)16(13,14)11-2-6(8,9)3-12/h1,11-12H,2-3H2. The molecule has 1 rings (SSSR count). The topological polar surface area (TPSA) is 79.3 Å². The molecule has 0 aliphatic rings. The highest BCUT2D eigenvalue weighted by atomic mass is 35.5. The van der Waals surface area contributed by atoms with Crippen LogP contribution in [-0.2, 0) is 10.0 Å². The molecule has 0 radical (unpaired) electrons. The number of hydrogen-bond acceptors (Lipinski definition) is 5. The van der Waals surface area contributed by atoms with Gasteiger partial charge in [0.2, 0.25) is 0 Å². The van der Waals surface area contributed by atoms with Crippen LogP contribution >= 0.6 is 22.9 Å². The summed E-state index contributed by atoms with van der Waals surface area (Å²) in [5.74, 6) is -3.50. The summed E-state index contributed by atoms with van der Waals surface area (Å²) in [6.45, 7) is -2.61. The molecule has 92 valence electrons. The molecule has 5 nitrogen and oxygen atoms in total. The zero-order chi connectivity index (χ0) is 12.4. The van der Waals surface area contributed by atoms with E-state index in [1.807, 2.05) is 0 Å². The van der Waals surface area contributed by atoms with E-state index in [4.69, 9.17) is 16.7 Å². The number of rotatable bonds is 5. The van der Waals surface area contributed by atoms with Gasteiger partial charge in [-0.25, -0.2) is 26.9 Å². The molecular formula is C6H7ClF2N2O3S2. The smallest absolute Gasteiger partial charge is 0.283 e. The Morgan fingerprint density at radius 2 is 2.25 bits per heavy atom. The molecule has 0 spiro atoms. The normalized spacial score (nSPS) is 13.0. The fourth-order valence-corrected chi connectivity index (χ4v) is 3.09. The summed E-state index contributed by atoms with van der Waals surface area (Å²) in [5.41, 5.74) is 0. The van der Waals surface area contributed by atoms with E-state index in [1.54, 1.807) is 4.72 Å². The number of aliphatic hydroxyl groups is 1. The van der Waals surface area contributed by atoms with Crippen LogP contribution in [0.5, 0.6) is 0 Å². The van der Waals surface area contributed by atoms with Crippen LogP contribution in [0.4, 0.5) is 8.78 Å². The Morgan fingerprint density at radius 3 is 2.69 bits per heavy atom. The molecule has 1 aromatic rings. The fourth-order valence-electron chi connectivity index (χ4n) is 0.691. The molecule has 0 fully saturated rings. The number of hydrogen-bond donors (Lipinski definition) is 2. The van der Waals surface area contributed by atoms with Crippen LogP contribution in [0.3, 0.4) is 0 Å². The largest absolute Gasteiger partial charge is 0.390 e. The minimum absolute atomic E-state index is 0.00528. The Hall–Kier alpha value is -0.350. The van der Waals surface area contributed by atoms with E-state index in [2.05, 4.69) is 4.98 Å². The molecule has 2 N–H and O–H groups in total. The molecule has 1 aromatic heterocycles. The first-order chi connectivity index (χ1) is 7.27. The molecule has 0 amide bonds. The summed E-state index contributed by atoms with van der Waals surface area (Å²) in [5, 5.41) is 8.25. The molecular weight excluding hydrogens is 286 g/mol. The Bertz CT molecular complexity index is 462. The van der Waals surface area contributed by atoms with Gasteiger partial charge in [-0.3, -0.25) is 0 Å². The lowest BCUT2D eigenvalue weighted by molar-refractivity contribution is -0.0437. The zero-order valence-electron chi connectivity index (χ0n) is 7.65. The van der Waals surface area contributed by atoms with Gasteiger partial charge in [0.25, 0.3) is 15.9 Å². The summed E-state index contributed by atoms with van der Waals surface area (Å²) in [6, 6.07) is 0. The second kappa shape index (κ2) is 4.88. The van der Waals surface area contributed by atoms with Crippen molar-refractivity contribution in [3.05, 3.63) is 10.7 Å². The minimum Gasteiger partial charge on any atom is -0.390 e. The van der Waals surface area contributed by atoms with E-state index >= 15 is 0 Å². The maximum atomic E-state index is 12.6. The monoisotopic (exact) mass is 292 g/mol. The van der Waals surface area contributed by atoms with Crippen molar-refractivity contribution in [2.45, 2.75) is 10.1 Å². The Balaban J connectivity index is 2.74. The Morgan fingerprint density at radius 1 is 1.62 bits per heavy atom. The lowest BCUT2D eigenvalue weighted by Gasteiger charge is -2.13. The van der Waals surface area contributed by atoms with Gasteiger partial charge in [0.05, 0.1) is 12.7 Å².